The summed E-state index contributed by atoms with van der Waals surface area (Å²) in [6, 6.07) is 10.4. The van der Waals surface area contributed by atoms with Gasteiger partial charge in [0.2, 0.25) is 5.91 Å². The number of carbonyl (C=O) groups is 2. The first-order valence-electron chi connectivity index (χ1n) is 9.37. The van der Waals surface area contributed by atoms with Crippen LogP contribution < -0.4 is 0 Å². The molecule has 1 aliphatic heterocycles. The number of hydrogen-bond acceptors (Lipinski definition) is 3. The quantitative estimate of drug-likeness (QED) is 0.783. The fourth-order valence-corrected chi connectivity index (χ4v) is 5.07. The van der Waals surface area contributed by atoms with Crippen molar-refractivity contribution in [3.05, 3.63) is 47.0 Å². The van der Waals surface area contributed by atoms with E-state index in [0.29, 0.717) is 19.5 Å². The van der Waals surface area contributed by atoms with Gasteiger partial charge in [-0.1, -0.05) is 44.2 Å². The predicted molar refractivity (Wildman–Crippen MR) is 98.1 cm³/mol. The SMILES string of the molecule is CC1(C)CC2(C=C(C#N)C1=O)CN(C(=O)C1CCc3ccccc3C1)C2. The first kappa shape index (κ1) is 17.0. The van der Waals surface area contributed by atoms with Gasteiger partial charge in [0.15, 0.2) is 5.78 Å². The molecule has 1 heterocycles. The molecule has 1 spiro atoms. The van der Waals surface area contributed by atoms with Gasteiger partial charge >= 0.3 is 0 Å². The summed E-state index contributed by atoms with van der Waals surface area (Å²) < 4.78 is 0. The van der Waals surface area contributed by atoms with Gasteiger partial charge in [-0.05, 0) is 36.8 Å². The maximum Gasteiger partial charge on any atom is 0.226 e. The Labute approximate surface area is 154 Å². The first-order valence-corrected chi connectivity index (χ1v) is 9.37. The number of nitriles is 1. The summed E-state index contributed by atoms with van der Waals surface area (Å²) in [4.78, 5) is 27.2. The number of fused-ring (bicyclic) bond motifs is 1. The summed E-state index contributed by atoms with van der Waals surface area (Å²) >= 11 is 0. The molecular weight excluding hydrogens is 324 g/mol. The average Bonchev–Trinajstić information content (AvgIpc) is 2.61. The van der Waals surface area contributed by atoms with E-state index in [4.69, 9.17) is 0 Å². The number of aryl methyl sites for hydroxylation is 1. The number of hydrogen-bond donors (Lipinski definition) is 0. The van der Waals surface area contributed by atoms with Gasteiger partial charge in [0.1, 0.15) is 6.07 Å². The minimum absolute atomic E-state index is 0.0555. The van der Waals surface area contributed by atoms with Crippen LogP contribution in [-0.2, 0) is 22.4 Å². The van der Waals surface area contributed by atoms with Crippen LogP contribution in [0.5, 0.6) is 0 Å². The van der Waals surface area contributed by atoms with Crippen molar-refractivity contribution in [2.75, 3.05) is 13.1 Å². The second-order valence-corrected chi connectivity index (χ2v) is 8.82. The van der Waals surface area contributed by atoms with E-state index < -0.39 is 5.41 Å². The molecule has 0 aromatic heterocycles. The van der Waals surface area contributed by atoms with Crippen molar-refractivity contribution >= 4 is 11.7 Å². The van der Waals surface area contributed by atoms with Crippen LogP contribution in [0.4, 0.5) is 0 Å². The number of nitrogens with zero attached hydrogens (tertiary/aromatic N) is 2. The van der Waals surface area contributed by atoms with Gasteiger partial charge in [0.05, 0.1) is 5.57 Å². The molecule has 26 heavy (non-hydrogen) atoms. The zero-order valence-electron chi connectivity index (χ0n) is 15.4. The highest BCUT2D eigenvalue weighted by Gasteiger charge is 2.52. The molecule has 2 aliphatic carbocycles. The molecule has 4 nitrogen and oxygen atoms in total. The number of ketones is 1. The van der Waals surface area contributed by atoms with Crippen LogP contribution in [0.15, 0.2) is 35.9 Å². The maximum absolute atomic E-state index is 13.0. The number of amides is 1. The van der Waals surface area contributed by atoms with Crippen LogP contribution in [0.1, 0.15) is 37.8 Å². The van der Waals surface area contributed by atoms with Crippen molar-refractivity contribution in [1.29, 1.82) is 5.26 Å². The molecule has 1 atom stereocenters. The maximum atomic E-state index is 13.0. The number of likely N-dealkylation sites (tertiary alicyclic amines) is 1. The Hall–Kier alpha value is -2.41. The van der Waals surface area contributed by atoms with Gasteiger partial charge in [-0.25, -0.2) is 0 Å². The van der Waals surface area contributed by atoms with Crippen molar-refractivity contribution in [2.24, 2.45) is 16.7 Å². The lowest BCUT2D eigenvalue weighted by Crippen LogP contribution is -2.62. The molecule has 4 heteroatoms. The zero-order valence-corrected chi connectivity index (χ0v) is 15.4. The minimum Gasteiger partial charge on any atom is -0.341 e. The molecule has 0 radical (unpaired) electrons. The van der Waals surface area contributed by atoms with Crippen molar-refractivity contribution in [2.45, 2.75) is 39.5 Å². The Morgan fingerprint density at radius 1 is 1.23 bits per heavy atom. The highest BCUT2D eigenvalue weighted by molar-refractivity contribution is 6.03. The summed E-state index contributed by atoms with van der Waals surface area (Å²) in [5.41, 5.74) is 2.19. The van der Waals surface area contributed by atoms with Gasteiger partial charge in [0.25, 0.3) is 0 Å². The second kappa shape index (κ2) is 5.81. The topological polar surface area (TPSA) is 61.2 Å². The van der Waals surface area contributed by atoms with Crippen LogP contribution in [0.3, 0.4) is 0 Å². The van der Waals surface area contributed by atoms with E-state index in [1.54, 1.807) is 0 Å². The molecule has 1 aromatic carbocycles. The fraction of sp³-hybridized carbons (Fsp3) is 0.500. The summed E-state index contributed by atoms with van der Waals surface area (Å²) in [6.45, 7) is 5.08. The molecule has 0 saturated carbocycles. The zero-order chi connectivity index (χ0) is 18.5. The van der Waals surface area contributed by atoms with Crippen LogP contribution in [-0.4, -0.2) is 29.7 Å². The van der Waals surface area contributed by atoms with E-state index in [1.165, 1.54) is 11.1 Å². The van der Waals surface area contributed by atoms with Crippen molar-refractivity contribution < 1.29 is 9.59 Å². The minimum atomic E-state index is -0.529. The average molecular weight is 348 g/mol. The van der Waals surface area contributed by atoms with Crippen LogP contribution in [0.2, 0.25) is 0 Å². The standard InChI is InChI=1S/C22H24N2O2/c1-21(2)12-22(10-18(11-23)19(21)25)13-24(14-22)20(26)17-8-7-15-5-3-4-6-16(15)9-17/h3-6,10,17H,7-9,12-14H2,1-2H3. The number of allylic oxidation sites excluding steroid dienone is 1. The van der Waals surface area contributed by atoms with Crippen molar-refractivity contribution in [3.8, 4) is 6.07 Å². The van der Waals surface area contributed by atoms with Gasteiger partial charge < -0.3 is 4.90 Å². The third-order valence-electron chi connectivity index (χ3n) is 6.24. The Balaban J connectivity index is 1.47. The van der Waals surface area contributed by atoms with E-state index in [2.05, 4.69) is 24.3 Å². The number of Topliss-reactive ketones (excluding diaryl/α,β-unsaturated/α-hetero) is 1. The van der Waals surface area contributed by atoms with E-state index in [0.717, 1.165) is 19.3 Å². The molecule has 1 saturated heterocycles. The fourth-order valence-electron chi connectivity index (χ4n) is 5.07. The normalized spacial score (nSPS) is 25.7. The summed E-state index contributed by atoms with van der Waals surface area (Å²) in [5, 5.41) is 9.30. The van der Waals surface area contributed by atoms with Crippen molar-refractivity contribution in [1.82, 2.24) is 4.90 Å². The van der Waals surface area contributed by atoms with Gasteiger partial charge in [-0.15, -0.1) is 0 Å². The molecule has 0 N–H and O–H groups in total. The van der Waals surface area contributed by atoms with Crippen LogP contribution in [0.25, 0.3) is 0 Å². The van der Waals surface area contributed by atoms with Crippen molar-refractivity contribution in [3.63, 3.8) is 0 Å². The monoisotopic (exact) mass is 348 g/mol. The lowest BCUT2D eigenvalue weighted by molar-refractivity contribution is -0.148. The molecule has 1 unspecified atom stereocenters. The summed E-state index contributed by atoms with van der Waals surface area (Å²) in [7, 11) is 0. The van der Waals surface area contributed by atoms with E-state index in [9.17, 15) is 14.9 Å². The van der Waals surface area contributed by atoms with E-state index >= 15 is 0 Å². The highest BCUT2D eigenvalue weighted by Crippen LogP contribution is 2.48. The number of benzene rings is 1. The van der Waals surface area contributed by atoms with Crippen LogP contribution >= 0.6 is 0 Å². The summed E-state index contributed by atoms with van der Waals surface area (Å²) in [5.74, 6) is 0.214. The third-order valence-corrected chi connectivity index (χ3v) is 6.24. The van der Waals surface area contributed by atoms with Gasteiger partial charge in [0, 0.05) is 29.8 Å². The van der Waals surface area contributed by atoms with Gasteiger partial charge in [-0.3, -0.25) is 9.59 Å². The Bertz CT molecular complexity index is 853. The molecule has 4 rings (SSSR count). The van der Waals surface area contributed by atoms with Gasteiger partial charge in [-0.2, -0.15) is 5.26 Å². The Morgan fingerprint density at radius 2 is 1.92 bits per heavy atom. The third kappa shape index (κ3) is 2.67. The lowest BCUT2D eigenvalue weighted by atomic mass is 9.61. The predicted octanol–water partition coefficient (Wildman–Crippen LogP) is 3.07. The molecule has 0 bridgehead atoms. The Kier molecular flexibility index (Phi) is 3.80. The molecular formula is C22H24N2O2. The second-order valence-electron chi connectivity index (χ2n) is 8.82. The Morgan fingerprint density at radius 3 is 2.62 bits per heavy atom. The van der Waals surface area contributed by atoms with E-state index in [1.807, 2.05) is 30.9 Å². The molecule has 1 aromatic rings. The summed E-state index contributed by atoms with van der Waals surface area (Å²) in [6.07, 6.45) is 5.23. The number of carbonyl (C=O) groups excluding carboxylic acids is 2. The lowest BCUT2D eigenvalue weighted by Gasteiger charge is -2.54. The molecule has 134 valence electrons. The highest BCUT2D eigenvalue weighted by atomic mass is 16.2. The smallest absolute Gasteiger partial charge is 0.226 e. The van der Waals surface area contributed by atoms with E-state index in [-0.39, 0.29) is 28.6 Å². The molecule has 3 aliphatic rings. The van der Waals surface area contributed by atoms with Crippen LogP contribution in [0, 0.1) is 28.1 Å². The largest absolute Gasteiger partial charge is 0.341 e. The first-order chi connectivity index (χ1) is 12.3. The molecule has 1 fully saturated rings. The molecule has 1 amide bonds. The number of rotatable bonds is 1.